The van der Waals surface area contributed by atoms with Gasteiger partial charge in [0, 0.05) is 23.7 Å². The third-order valence-electron chi connectivity index (χ3n) is 3.80. The third-order valence-corrected chi connectivity index (χ3v) is 3.80. The molecule has 0 aliphatic heterocycles. The number of rotatable bonds is 2. The average molecular weight is 273 g/mol. The molecule has 1 atom stereocenters. The summed E-state index contributed by atoms with van der Waals surface area (Å²) >= 11 is 0. The number of hydrogen-bond donors (Lipinski definition) is 2. The summed E-state index contributed by atoms with van der Waals surface area (Å²) in [5.41, 5.74) is 3.16. The van der Waals surface area contributed by atoms with Crippen LogP contribution < -0.4 is 5.32 Å². The molecule has 1 aromatic heterocycles. The minimum absolute atomic E-state index is 0.0616. The van der Waals surface area contributed by atoms with Crippen molar-refractivity contribution in [1.29, 1.82) is 0 Å². The zero-order valence-electron chi connectivity index (χ0n) is 11.2. The fraction of sp³-hybridized carbons (Fsp3) is 0.333. The summed E-state index contributed by atoms with van der Waals surface area (Å²) in [6.45, 7) is 1.70. The predicted molar refractivity (Wildman–Crippen MR) is 73.9 cm³/mol. The van der Waals surface area contributed by atoms with Gasteiger partial charge >= 0.3 is 0 Å². The van der Waals surface area contributed by atoms with Crippen molar-refractivity contribution in [3.05, 3.63) is 47.3 Å². The maximum absolute atomic E-state index is 13.5. The summed E-state index contributed by atoms with van der Waals surface area (Å²) in [7, 11) is 0. The number of aromatic nitrogens is 2. The molecule has 1 aliphatic rings. The van der Waals surface area contributed by atoms with Gasteiger partial charge in [0.15, 0.2) is 0 Å². The number of amides is 1. The van der Waals surface area contributed by atoms with Crippen LogP contribution in [0, 0.1) is 18.7 Å². The summed E-state index contributed by atoms with van der Waals surface area (Å²) in [6, 6.07) is 4.75. The van der Waals surface area contributed by atoms with Crippen molar-refractivity contribution in [2.45, 2.75) is 26.2 Å². The van der Waals surface area contributed by atoms with E-state index in [1.54, 1.807) is 25.4 Å². The van der Waals surface area contributed by atoms with E-state index in [9.17, 15) is 9.18 Å². The van der Waals surface area contributed by atoms with E-state index >= 15 is 0 Å². The minimum Gasteiger partial charge on any atom is -0.348 e. The second kappa shape index (κ2) is 5.07. The number of aromatic amines is 1. The zero-order valence-corrected chi connectivity index (χ0v) is 11.2. The number of imidazole rings is 1. The Labute approximate surface area is 116 Å². The number of nitrogens with zero attached hydrogens (tertiary/aromatic N) is 1. The van der Waals surface area contributed by atoms with Gasteiger partial charge < -0.3 is 10.3 Å². The number of carbonyl (C=O) groups is 1. The Morgan fingerprint density at radius 2 is 2.35 bits per heavy atom. The molecule has 1 unspecified atom stereocenters. The zero-order chi connectivity index (χ0) is 14.1. The van der Waals surface area contributed by atoms with Gasteiger partial charge in [0.05, 0.1) is 12.0 Å². The van der Waals surface area contributed by atoms with Crippen molar-refractivity contribution < 1.29 is 9.18 Å². The molecule has 4 nitrogen and oxygen atoms in total. The highest BCUT2D eigenvalue weighted by Gasteiger charge is 2.26. The van der Waals surface area contributed by atoms with Crippen LogP contribution in [-0.2, 0) is 17.6 Å². The van der Waals surface area contributed by atoms with Gasteiger partial charge in [-0.05, 0) is 37.5 Å². The Hall–Kier alpha value is -2.17. The Bertz CT molecular complexity index is 650. The molecule has 0 radical (unpaired) electrons. The molecule has 0 fully saturated rings. The Morgan fingerprint density at radius 3 is 3.15 bits per heavy atom. The summed E-state index contributed by atoms with van der Waals surface area (Å²) in [4.78, 5) is 19.5. The lowest BCUT2D eigenvalue weighted by Gasteiger charge is -2.20. The van der Waals surface area contributed by atoms with E-state index in [1.807, 2.05) is 0 Å². The summed E-state index contributed by atoms with van der Waals surface area (Å²) in [5, 5.41) is 2.79. The SMILES string of the molecule is Cc1ccc(NC(=O)C2CCc3nc[nH]c3C2)cc1F. The van der Waals surface area contributed by atoms with Crippen LogP contribution in [0.5, 0.6) is 0 Å². The van der Waals surface area contributed by atoms with Crippen LogP contribution in [0.1, 0.15) is 23.4 Å². The first-order chi connectivity index (χ1) is 9.63. The Kier molecular flexibility index (Phi) is 3.26. The smallest absolute Gasteiger partial charge is 0.227 e. The molecule has 5 heteroatoms. The van der Waals surface area contributed by atoms with Gasteiger partial charge in [-0.2, -0.15) is 0 Å². The molecule has 1 amide bonds. The van der Waals surface area contributed by atoms with Gasteiger partial charge in [0.2, 0.25) is 5.91 Å². The van der Waals surface area contributed by atoms with Crippen LogP contribution in [0.25, 0.3) is 0 Å². The molecular weight excluding hydrogens is 257 g/mol. The summed E-state index contributed by atoms with van der Waals surface area (Å²) in [5.74, 6) is -0.455. The van der Waals surface area contributed by atoms with Gasteiger partial charge in [-0.15, -0.1) is 0 Å². The molecule has 0 saturated carbocycles. The maximum Gasteiger partial charge on any atom is 0.227 e. The van der Waals surface area contributed by atoms with Gasteiger partial charge in [0.1, 0.15) is 5.82 Å². The standard InChI is InChI=1S/C15H16FN3O/c1-9-2-4-11(7-12(9)16)19-15(20)10-3-5-13-14(6-10)18-8-17-13/h2,4,7-8,10H,3,5-6H2,1H3,(H,17,18)(H,19,20). The van der Waals surface area contributed by atoms with Gasteiger partial charge in [0.25, 0.3) is 0 Å². The lowest BCUT2D eigenvalue weighted by atomic mass is 9.89. The first-order valence-corrected chi connectivity index (χ1v) is 6.71. The third kappa shape index (κ3) is 2.43. The number of anilines is 1. The molecule has 2 aromatic rings. The van der Waals surface area contributed by atoms with E-state index in [4.69, 9.17) is 0 Å². The first kappa shape index (κ1) is 12.8. The second-order valence-electron chi connectivity index (χ2n) is 5.22. The van der Waals surface area contributed by atoms with E-state index in [1.165, 1.54) is 6.07 Å². The first-order valence-electron chi connectivity index (χ1n) is 6.71. The monoisotopic (exact) mass is 273 g/mol. The fourth-order valence-corrected chi connectivity index (χ4v) is 2.54. The quantitative estimate of drug-likeness (QED) is 0.883. The van der Waals surface area contributed by atoms with Gasteiger partial charge in [-0.25, -0.2) is 9.37 Å². The highest BCUT2D eigenvalue weighted by atomic mass is 19.1. The van der Waals surface area contributed by atoms with Gasteiger partial charge in [-0.3, -0.25) is 4.79 Å². The normalized spacial score (nSPS) is 17.6. The molecule has 3 rings (SSSR count). The predicted octanol–water partition coefficient (Wildman–Crippen LogP) is 2.60. The Morgan fingerprint density at radius 1 is 1.50 bits per heavy atom. The van der Waals surface area contributed by atoms with Crippen molar-refractivity contribution in [1.82, 2.24) is 9.97 Å². The molecule has 104 valence electrons. The number of aryl methyl sites for hydroxylation is 2. The lowest BCUT2D eigenvalue weighted by molar-refractivity contribution is -0.120. The topological polar surface area (TPSA) is 57.8 Å². The lowest BCUT2D eigenvalue weighted by Crippen LogP contribution is -2.28. The molecule has 1 heterocycles. The van der Waals surface area contributed by atoms with Crippen LogP contribution in [-0.4, -0.2) is 15.9 Å². The minimum atomic E-state index is -0.303. The molecule has 1 aromatic carbocycles. The van der Waals surface area contributed by atoms with Crippen molar-refractivity contribution in [3.8, 4) is 0 Å². The summed E-state index contributed by atoms with van der Waals surface area (Å²) < 4.78 is 13.5. The van der Waals surface area contributed by atoms with Crippen LogP contribution in [0.4, 0.5) is 10.1 Å². The van der Waals surface area contributed by atoms with Crippen LogP contribution >= 0.6 is 0 Å². The number of H-pyrrole nitrogens is 1. The molecule has 2 N–H and O–H groups in total. The number of benzene rings is 1. The van der Waals surface area contributed by atoms with Crippen molar-refractivity contribution in [2.75, 3.05) is 5.32 Å². The average Bonchev–Trinajstić information content (AvgIpc) is 2.90. The van der Waals surface area contributed by atoms with E-state index in [-0.39, 0.29) is 17.6 Å². The second-order valence-corrected chi connectivity index (χ2v) is 5.22. The maximum atomic E-state index is 13.5. The van der Waals surface area contributed by atoms with E-state index < -0.39 is 0 Å². The number of nitrogens with one attached hydrogen (secondary N) is 2. The highest BCUT2D eigenvalue weighted by molar-refractivity contribution is 5.92. The van der Waals surface area contributed by atoms with E-state index in [0.717, 1.165) is 24.2 Å². The van der Waals surface area contributed by atoms with Crippen molar-refractivity contribution in [2.24, 2.45) is 5.92 Å². The van der Waals surface area contributed by atoms with Crippen LogP contribution in [0.15, 0.2) is 24.5 Å². The van der Waals surface area contributed by atoms with E-state index in [0.29, 0.717) is 17.7 Å². The molecule has 1 aliphatic carbocycles. The molecule has 0 saturated heterocycles. The van der Waals surface area contributed by atoms with Crippen molar-refractivity contribution >= 4 is 11.6 Å². The van der Waals surface area contributed by atoms with Crippen LogP contribution in [0.2, 0.25) is 0 Å². The Balaban J connectivity index is 1.69. The van der Waals surface area contributed by atoms with Crippen LogP contribution in [0.3, 0.4) is 0 Å². The number of carbonyl (C=O) groups excluding carboxylic acids is 1. The summed E-state index contributed by atoms with van der Waals surface area (Å²) in [6.07, 6.45) is 3.91. The number of hydrogen-bond acceptors (Lipinski definition) is 2. The molecule has 0 bridgehead atoms. The van der Waals surface area contributed by atoms with Gasteiger partial charge in [-0.1, -0.05) is 6.07 Å². The molecular formula is C15H16FN3O. The highest BCUT2D eigenvalue weighted by Crippen LogP contribution is 2.24. The molecule has 20 heavy (non-hydrogen) atoms. The number of halogens is 1. The van der Waals surface area contributed by atoms with E-state index in [2.05, 4.69) is 15.3 Å². The van der Waals surface area contributed by atoms with Crippen molar-refractivity contribution in [3.63, 3.8) is 0 Å². The molecule has 0 spiro atoms. The largest absolute Gasteiger partial charge is 0.348 e. The number of fused-ring (bicyclic) bond motifs is 1. The fourth-order valence-electron chi connectivity index (χ4n) is 2.54.